The lowest BCUT2D eigenvalue weighted by Gasteiger charge is -2.14. The van der Waals surface area contributed by atoms with Crippen LogP contribution in [0.4, 0.5) is 0 Å². The Morgan fingerprint density at radius 1 is 0.417 bits per heavy atom. The lowest BCUT2D eigenvalue weighted by atomic mass is 10.8. The second-order valence-electron chi connectivity index (χ2n) is 5.37. The molecule has 0 fully saturated rings. The summed E-state index contributed by atoms with van der Waals surface area (Å²) in [6.07, 6.45) is 0. The van der Waals surface area contributed by atoms with Gasteiger partial charge in [0.2, 0.25) is 0 Å². The summed E-state index contributed by atoms with van der Waals surface area (Å²) in [5.74, 6) is 0. The van der Waals surface area contributed by atoms with Gasteiger partial charge in [-0.25, -0.2) is 0 Å². The summed E-state index contributed by atoms with van der Waals surface area (Å²) >= 11 is 0. The largest absolute Gasteiger partial charge is 1.00 e. The summed E-state index contributed by atoms with van der Waals surface area (Å²) in [5, 5.41) is 0. The Morgan fingerprint density at radius 2 is 0.417 bits per heavy atom. The highest BCUT2D eigenvalue weighted by Gasteiger charge is 1.88. The van der Waals surface area contributed by atoms with Gasteiger partial charge in [0.15, 0.2) is 0 Å². The Kier molecular flexibility index (Phi) is 14.0. The highest BCUT2D eigenvalue weighted by molar-refractivity contribution is 3.87. The fraction of sp³-hybridized carbons (Fsp3) is 1.00. The molecule has 0 unspecified atom stereocenters. The zero-order chi connectivity index (χ0) is 9.00. The van der Waals surface area contributed by atoms with Gasteiger partial charge < -0.3 is 18.4 Å². The molecule has 80 valence electrons. The molecule has 0 aliphatic rings. The molecule has 0 aromatic heterocycles. The van der Waals surface area contributed by atoms with Crippen molar-refractivity contribution in [1.82, 2.24) is 0 Å². The number of nitrogens with zero attached hydrogens (tertiary/aromatic N) is 2. The van der Waals surface area contributed by atoms with E-state index < -0.39 is 0 Å². The summed E-state index contributed by atoms with van der Waals surface area (Å²) in [6.45, 7) is 0. The van der Waals surface area contributed by atoms with E-state index in [0.29, 0.717) is 0 Å². The minimum absolute atomic E-state index is 0. The van der Waals surface area contributed by atoms with Crippen LogP contribution in [0, 0.1) is 0 Å². The molecule has 0 saturated heterocycles. The second-order valence-corrected chi connectivity index (χ2v) is 5.37. The maximum Gasteiger partial charge on any atom is 0.0675 e. The van der Waals surface area contributed by atoms with Crippen LogP contribution in [0.5, 0.6) is 0 Å². The summed E-state index contributed by atoms with van der Waals surface area (Å²) in [5.41, 5.74) is 0. The molecule has 0 bridgehead atoms. The molecule has 0 spiro atoms. The number of hydrogen-bond acceptors (Lipinski definition) is 0. The van der Waals surface area contributed by atoms with Crippen molar-refractivity contribution in [2.45, 2.75) is 0 Å². The van der Waals surface area contributed by atoms with Gasteiger partial charge in [-0.05, 0) is 0 Å². The number of rotatable bonds is 0. The Morgan fingerprint density at radius 3 is 0.417 bits per heavy atom. The van der Waals surface area contributed by atoms with Crippen LogP contribution in [0.1, 0.15) is 0 Å². The average molecular weight is 186 g/mol. The van der Waals surface area contributed by atoms with E-state index in [0.717, 1.165) is 8.97 Å². The third-order valence-electron chi connectivity index (χ3n) is 0. The van der Waals surface area contributed by atoms with Crippen molar-refractivity contribution in [3.8, 4) is 0 Å². The summed E-state index contributed by atoms with van der Waals surface area (Å²) < 4.78 is 2.00. The maximum atomic E-state index is 2.12. The van der Waals surface area contributed by atoms with Gasteiger partial charge in [0.05, 0.1) is 56.4 Å². The molecule has 0 heterocycles. The molecule has 0 radical (unpaired) electrons. The lowest BCUT2D eigenvalue weighted by Crippen LogP contribution is -3.00. The molecule has 0 amide bonds. The van der Waals surface area contributed by atoms with Crippen LogP contribution in [0.25, 0.3) is 0 Å². The van der Waals surface area contributed by atoms with Crippen LogP contribution >= 0.6 is 0 Å². The molecule has 0 atom stereocenters. The molecule has 0 N–H and O–H groups in total. The minimum Gasteiger partial charge on any atom is -1.00 e. The van der Waals surface area contributed by atoms with E-state index in [1.165, 1.54) is 0 Å². The van der Waals surface area contributed by atoms with Gasteiger partial charge >= 0.3 is 0 Å². The van der Waals surface area contributed by atoms with Crippen LogP contribution < -0.4 is 9.41 Å². The number of halogens is 2. The zero-order valence-corrected chi connectivity index (χ0v) is 9.65. The van der Waals surface area contributed by atoms with Crippen LogP contribution in [-0.2, 0) is 0 Å². The number of quaternary nitrogens is 2. The highest BCUT2D eigenvalue weighted by Crippen LogP contribution is 1.74. The highest BCUT2D eigenvalue weighted by atomic mass is 19.0. The van der Waals surface area contributed by atoms with Crippen molar-refractivity contribution >= 4 is 0 Å². The van der Waals surface area contributed by atoms with E-state index in [2.05, 4.69) is 56.4 Å². The van der Waals surface area contributed by atoms with E-state index >= 15 is 0 Å². The molecular weight excluding hydrogens is 162 g/mol. The Hall–Kier alpha value is -0.220. The van der Waals surface area contributed by atoms with Crippen molar-refractivity contribution in [3.05, 3.63) is 0 Å². The van der Waals surface area contributed by atoms with Crippen molar-refractivity contribution in [2.75, 3.05) is 56.4 Å². The normalized spacial score (nSPS) is 10.0. The summed E-state index contributed by atoms with van der Waals surface area (Å²) in [7, 11) is 17.0. The summed E-state index contributed by atoms with van der Waals surface area (Å²) in [6, 6.07) is 0. The Labute approximate surface area is 75.7 Å². The van der Waals surface area contributed by atoms with Gasteiger partial charge in [0, 0.05) is 0 Å². The average Bonchev–Trinajstić information content (AvgIpc) is 1.12. The third-order valence-corrected chi connectivity index (χ3v) is 0. The molecule has 12 heavy (non-hydrogen) atoms. The fourth-order valence-corrected chi connectivity index (χ4v) is 0. The van der Waals surface area contributed by atoms with Crippen molar-refractivity contribution in [1.29, 1.82) is 0 Å². The first kappa shape index (κ1) is 22.6. The summed E-state index contributed by atoms with van der Waals surface area (Å²) in [4.78, 5) is 0. The topological polar surface area (TPSA) is 0 Å². The molecule has 0 saturated carbocycles. The third kappa shape index (κ3) is 15600. The fourth-order valence-electron chi connectivity index (χ4n) is 0. The lowest BCUT2D eigenvalue weighted by molar-refractivity contribution is -0.849. The first-order valence-electron chi connectivity index (χ1n) is 3.58. The second kappa shape index (κ2) is 7.43. The van der Waals surface area contributed by atoms with Crippen LogP contribution in [0.2, 0.25) is 0 Å². The molecule has 2 nitrogen and oxygen atoms in total. The molecule has 0 aromatic rings. The van der Waals surface area contributed by atoms with Crippen molar-refractivity contribution in [3.63, 3.8) is 0 Å². The number of hydrogen-bond donors (Lipinski definition) is 0. The van der Waals surface area contributed by atoms with E-state index in [9.17, 15) is 0 Å². The first-order valence-corrected chi connectivity index (χ1v) is 3.58. The van der Waals surface area contributed by atoms with Crippen LogP contribution in [0.15, 0.2) is 0 Å². The predicted octanol–water partition coefficient (Wildman–Crippen LogP) is -5.35. The standard InChI is InChI=1S/2C4H12N.2FH/c2*1-5(2,3)4;;/h2*1-4H3;2*1H/q2*+1;;/p-2. The van der Waals surface area contributed by atoms with Gasteiger partial charge in [-0.3, -0.25) is 0 Å². The zero-order valence-electron chi connectivity index (χ0n) is 9.65. The van der Waals surface area contributed by atoms with E-state index in [-0.39, 0.29) is 9.41 Å². The smallest absolute Gasteiger partial charge is 0.0675 e. The van der Waals surface area contributed by atoms with Gasteiger partial charge in [0.1, 0.15) is 0 Å². The maximum absolute atomic E-state index is 2.12. The van der Waals surface area contributed by atoms with Gasteiger partial charge in [-0.1, -0.05) is 0 Å². The van der Waals surface area contributed by atoms with E-state index in [1.807, 2.05) is 0 Å². The molecule has 0 aliphatic carbocycles. The molecule has 0 aliphatic heterocycles. The molecule has 0 aromatic carbocycles. The van der Waals surface area contributed by atoms with Crippen LogP contribution in [0.3, 0.4) is 0 Å². The Balaban J connectivity index is -0.0000000457. The van der Waals surface area contributed by atoms with Crippen LogP contribution in [-0.4, -0.2) is 65.3 Å². The van der Waals surface area contributed by atoms with Gasteiger partial charge in [0.25, 0.3) is 0 Å². The van der Waals surface area contributed by atoms with Crippen molar-refractivity contribution < 1.29 is 18.4 Å². The van der Waals surface area contributed by atoms with Gasteiger partial charge in [-0.2, -0.15) is 0 Å². The quantitative estimate of drug-likeness (QED) is 0.331. The molecule has 0 rings (SSSR count). The predicted molar refractivity (Wildman–Crippen MR) is 47.9 cm³/mol. The Bertz CT molecular complexity index is 58.0. The van der Waals surface area contributed by atoms with Gasteiger partial charge in [-0.15, -0.1) is 0 Å². The minimum atomic E-state index is 0. The molecule has 4 heteroatoms. The van der Waals surface area contributed by atoms with E-state index in [1.54, 1.807) is 0 Å². The SMILES string of the molecule is C[N+](C)(C)C.C[N+](C)(C)C.[F-].[F-]. The molecular formula is C8H24F2N2. The van der Waals surface area contributed by atoms with Crippen molar-refractivity contribution in [2.24, 2.45) is 0 Å². The van der Waals surface area contributed by atoms with E-state index in [4.69, 9.17) is 0 Å². The monoisotopic (exact) mass is 186 g/mol. The first-order chi connectivity index (χ1) is 4.00.